The molecule has 26 heavy (non-hydrogen) atoms. The van der Waals surface area contributed by atoms with E-state index in [1.807, 2.05) is 11.8 Å². The third-order valence-electron chi connectivity index (χ3n) is 4.00. The molecule has 7 nitrogen and oxygen atoms in total. The van der Waals surface area contributed by atoms with E-state index in [1.54, 1.807) is 29.2 Å². The molecule has 0 bridgehead atoms. The van der Waals surface area contributed by atoms with Crippen molar-refractivity contribution in [1.82, 2.24) is 14.9 Å². The van der Waals surface area contributed by atoms with Crippen molar-refractivity contribution in [3.05, 3.63) is 45.7 Å². The van der Waals surface area contributed by atoms with Gasteiger partial charge in [-0.3, -0.25) is 9.59 Å². The first-order chi connectivity index (χ1) is 12.5. The molecular weight excluding hydrogens is 377 g/mol. The zero-order chi connectivity index (χ0) is 18.7. The summed E-state index contributed by atoms with van der Waals surface area (Å²) in [4.78, 5) is 35.8. The minimum Gasteiger partial charge on any atom is -0.342 e. The molecule has 0 aliphatic carbocycles. The van der Waals surface area contributed by atoms with Crippen LogP contribution in [0.25, 0.3) is 0 Å². The Balaban J connectivity index is 1.77. The molecule has 2 heterocycles. The molecule has 1 fully saturated rings. The van der Waals surface area contributed by atoms with Crippen molar-refractivity contribution in [3.8, 4) is 0 Å². The van der Waals surface area contributed by atoms with Crippen molar-refractivity contribution in [1.29, 1.82) is 0 Å². The lowest BCUT2D eigenvalue weighted by Crippen LogP contribution is -2.46. The van der Waals surface area contributed by atoms with Crippen LogP contribution in [0.4, 0.5) is 11.6 Å². The predicted octanol–water partition coefficient (Wildman–Crippen LogP) is 2.62. The van der Waals surface area contributed by atoms with Crippen molar-refractivity contribution >= 4 is 47.2 Å². The van der Waals surface area contributed by atoms with Crippen LogP contribution in [0.2, 0.25) is 10.0 Å². The molecule has 136 valence electrons. The van der Waals surface area contributed by atoms with Gasteiger partial charge < -0.3 is 15.1 Å². The maximum Gasteiger partial charge on any atom is 0.274 e. The van der Waals surface area contributed by atoms with Gasteiger partial charge in [-0.2, -0.15) is 0 Å². The Labute approximate surface area is 160 Å². The molecule has 1 aliphatic heterocycles. The fourth-order valence-electron chi connectivity index (χ4n) is 2.61. The van der Waals surface area contributed by atoms with Crippen LogP contribution < -0.4 is 10.2 Å². The van der Waals surface area contributed by atoms with Gasteiger partial charge in [0, 0.05) is 37.6 Å². The molecule has 3 rings (SSSR count). The average Bonchev–Trinajstić information content (AvgIpc) is 2.64. The Morgan fingerprint density at radius 2 is 1.85 bits per heavy atom. The van der Waals surface area contributed by atoms with Crippen LogP contribution in [0.15, 0.2) is 24.3 Å². The summed E-state index contributed by atoms with van der Waals surface area (Å²) in [5.41, 5.74) is 1.48. The molecule has 2 amide bonds. The second-order valence-electron chi connectivity index (χ2n) is 5.91. The Morgan fingerprint density at radius 1 is 1.12 bits per heavy atom. The van der Waals surface area contributed by atoms with Crippen LogP contribution in [-0.2, 0) is 4.79 Å². The zero-order valence-electron chi connectivity index (χ0n) is 14.1. The molecule has 1 N–H and O–H groups in total. The molecule has 1 aromatic carbocycles. The van der Waals surface area contributed by atoms with Gasteiger partial charge in [0.25, 0.3) is 5.91 Å². The highest BCUT2D eigenvalue weighted by molar-refractivity contribution is 6.42. The smallest absolute Gasteiger partial charge is 0.274 e. The lowest BCUT2D eigenvalue weighted by atomic mass is 10.2. The standard InChI is InChI=1S/C17H17Cl2N5O2/c1-11-8-15(16(26)21-12-2-3-13(18)14(19)9-12)22-17(20-11)24-6-4-23(10-25)5-7-24/h2-3,8-10H,4-7H2,1H3,(H,21,26). The van der Waals surface area contributed by atoms with E-state index in [-0.39, 0.29) is 11.6 Å². The Bertz CT molecular complexity index is 838. The summed E-state index contributed by atoms with van der Waals surface area (Å²) >= 11 is 11.9. The quantitative estimate of drug-likeness (QED) is 0.807. The molecule has 1 aliphatic rings. The van der Waals surface area contributed by atoms with Gasteiger partial charge in [0.2, 0.25) is 12.4 Å². The van der Waals surface area contributed by atoms with E-state index in [0.29, 0.717) is 53.6 Å². The molecule has 1 saturated heterocycles. The number of amides is 2. The summed E-state index contributed by atoms with van der Waals surface area (Å²) < 4.78 is 0. The highest BCUT2D eigenvalue weighted by Gasteiger charge is 2.20. The number of aromatic nitrogens is 2. The van der Waals surface area contributed by atoms with Crippen LogP contribution in [0.1, 0.15) is 16.2 Å². The highest BCUT2D eigenvalue weighted by atomic mass is 35.5. The first-order valence-electron chi connectivity index (χ1n) is 8.02. The Hall–Kier alpha value is -2.38. The maximum atomic E-state index is 12.5. The largest absolute Gasteiger partial charge is 0.342 e. The number of carbonyl (C=O) groups excluding carboxylic acids is 2. The monoisotopic (exact) mass is 393 g/mol. The molecule has 0 unspecified atom stereocenters. The van der Waals surface area contributed by atoms with Crippen molar-refractivity contribution in [3.63, 3.8) is 0 Å². The third-order valence-corrected chi connectivity index (χ3v) is 4.74. The second-order valence-corrected chi connectivity index (χ2v) is 6.72. The van der Waals surface area contributed by atoms with Crippen molar-refractivity contribution < 1.29 is 9.59 Å². The van der Waals surface area contributed by atoms with Crippen LogP contribution in [-0.4, -0.2) is 53.4 Å². The first kappa shape index (κ1) is 18.4. The van der Waals surface area contributed by atoms with E-state index in [4.69, 9.17) is 23.2 Å². The molecule has 1 aromatic heterocycles. The minimum absolute atomic E-state index is 0.261. The Morgan fingerprint density at radius 3 is 2.50 bits per heavy atom. The number of halogens is 2. The third kappa shape index (κ3) is 4.23. The van der Waals surface area contributed by atoms with Gasteiger partial charge in [0.15, 0.2) is 0 Å². The lowest BCUT2D eigenvalue weighted by molar-refractivity contribution is -0.118. The van der Waals surface area contributed by atoms with Gasteiger partial charge in [0.1, 0.15) is 5.69 Å². The van der Waals surface area contributed by atoms with E-state index in [0.717, 1.165) is 6.41 Å². The molecule has 9 heteroatoms. The maximum absolute atomic E-state index is 12.5. The Kier molecular flexibility index (Phi) is 5.58. The minimum atomic E-state index is -0.360. The van der Waals surface area contributed by atoms with Crippen LogP contribution in [0.3, 0.4) is 0 Å². The van der Waals surface area contributed by atoms with E-state index in [2.05, 4.69) is 15.3 Å². The number of aryl methyl sites for hydroxylation is 1. The van der Waals surface area contributed by atoms with Gasteiger partial charge in [-0.1, -0.05) is 23.2 Å². The van der Waals surface area contributed by atoms with Gasteiger partial charge in [0.05, 0.1) is 10.0 Å². The molecule has 0 spiro atoms. The van der Waals surface area contributed by atoms with E-state index in [9.17, 15) is 9.59 Å². The van der Waals surface area contributed by atoms with Crippen molar-refractivity contribution in [2.24, 2.45) is 0 Å². The summed E-state index contributed by atoms with van der Waals surface area (Å²) in [6, 6.07) is 6.48. The van der Waals surface area contributed by atoms with Gasteiger partial charge >= 0.3 is 0 Å². The van der Waals surface area contributed by atoms with E-state index < -0.39 is 0 Å². The molecular formula is C17H17Cl2N5O2. The van der Waals surface area contributed by atoms with E-state index >= 15 is 0 Å². The SMILES string of the molecule is Cc1cc(C(=O)Nc2ccc(Cl)c(Cl)c2)nc(N2CCN(C=O)CC2)n1. The van der Waals surface area contributed by atoms with Gasteiger partial charge in [-0.05, 0) is 31.2 Å². The van der Waals surface area contributed by atoms with Crippen LogP contribution >= 0.6 is 23.2 Å². The number of anilines is 2. The summed E-state index contributed by atoms with van der Waals surface area (Å²) in [5, 5.41) is 3.53. The van der Waals surface area contributed by atoms with Crippen LogP contribution in [0, 0.1) is 6.92 Å². The topological polar surface area (TPSA) is 78.4 Å². The van der Waals surface area contributed by atoms with Gasteiger partial charge in [-0.25, -0.2) is 9.97 Å². The van der Waals surface area contributed by atoms with Crippen LogP contribution in [0.5, 0.6) is 0 Å². The zero-order valence-corrected chi connectivity index (χ0v) is 15.6. The molecule has 0 radical (unpaired) electrons. The fraction of sp³-hybridized carbons (Fsp3) is 0.294. The predicted molar refractivity (Wildman–Crippen MR) is 101 cm³/mol. The average molecular weight is 394 g/mol. The molecule has 2 aromatic rings. The fourth-order valence-corrected chi connectivity index (χ4v) is 2.91. The normalized spacial score (nSPS) is 14.3. The van der Waals surface area contributed by atoms with E-state index in [1.165, 1.54) is 0 Å². The number of hydrogen-bond donors (Lipinski definition) is 1. The highest BCUT2D eigenvalue weighted by Crippen LogP contribution is 2.25. The molecule has 0 atom stereocenters. The number of nitrogens with one attached hydrogen (secondary N) is 1. The summed E-state index contributed by atoms with van der Waals surface area (Å²) in [6.07, 6.45) is 0.838. The lowest BCUT2D eigenvalue weighted by Gasteiger charge is -2.32. The van der Waals surface area contributed by atoms with Gasteiger partial charge in [-0.15, -0.1) is 0 Å². The number of piperazine rings is 1. The van der Waals surface area contributed by atoms with Crippen molar-refractivity contribution in [2.75, 3.05) is 36.4 Å². The number of carbonyl (C=O) groups is 2. The second kappa shape index (κ2) is 7.88. The number of hydrogen-bond acceptors (Lipinski definition) is 5. The summed E-state index contributed by atoms with van der Waals surface area (Å²) in [6.45, 7) is 4.26. The number of nitrogens with zero attached hydrogens (tertiary/aromatic N) is 4. The number of rotatable bonds is 4. The molecule has 0 saturated carbocycles. The number of benzene rings is 1. The summed E-state index contributed by atoms with van der Waals surface area (Å²) in [5.74, 6) is 0.122. The first-order valence-corrected chi connectivity index (χ1v) is 8.78. The summed E-state index contributed by atoms with van der Waals surface area (Å²) in [7, 11) is 0. The van der Waals surface area contributed by atoms with Crippen molar-refractivity contribution in [2.45, 2.75) is 6.92 Å².